The number of benzene rings is 1. The summed E-state index contributed by atoms with van der Waals surface area (Å²) in [6, 6.07) is 2.33. The van der Waals surface area contributed by atoms with Gasteiger partial charge in [0.25, 0.3) is 0 Å². The van der Waals surface area contributed by atoms with E-state index in [1.807, 2.05) is 0 Å². The number of nitrogens with two attached hydrogens (primary N) is 1. The highest BCUT2D eigenvalue weighted by Gasteiger charge is 2.08. The third kappa shape index (κ3) is 1.58. The molecule has 0 bridgehead atoms. The maximum atomic E-state index is 13.0. The first kappa shape index (κ1) is 8.64. The van der Waals surface area contributed by atoms with Crippen LogP contribution in [0.5, 0.6) is 11.5 Å². The van der Waals surface area contributed by atoms with Gasteiger partial charge in [0.15, 0.2) is 11.6 Å². The van der Waals surface area contributed by atoms with Crippen LogP contribution in [0.3, 0.4) is 0 Å². The van der Waals surface area contributed by atoms with Crippen molar-refractivity contribution in [2.45, 2.75) is 6.92 Å². The number of hydrogen-bond donors (Lipinski definition) is 2. The number of nitrogen functional groups attached to an aromatic ring is 1. The van der Waals surface area contributed by atoms with Crippen LogP contribution in [0.1, 0.15) is 6.92 Å². The Bertz CT molecular complexity index is 289. The van der Waals surface area contributed by atoms with Crippen LogP contribution in [0.15, 0.2) is 12.1 Å². The maximum Gasteiger partial charge on any atom is 0.188 e. The molecule has 3 nitrogen and oxygen atoms in total. The SMILES string of the molecule is CCOc1cc(O)cc(N)c1F. The van der Waals surface area contributed by atoms with Gasteiger partial charge in [-0.1, -0.05) is 0 Å². The van der Waals surface area contributed by atoms with Crippen molar-refractivity contribution in [3.63, 3.8) is 0 Å². The van der Waals surface area contributed by atoms with E-state index in [1.54, 1.807) is 6.92 Å². The fourth-order valence-electron chi connectivity index (χ4n) is 0.865. The van der Waals surface area contributed by atoms with E-state index in [4.69, 9.17) is 15.6 Å². The second-order valence-electron chi connectivity index (χ2n) is 2.28. The van der Waals surface area contributed by atoms with Crippen LogP contribution in [0.25, 0.3) is 0 Å². The van der Waals surface area contributed by atoms with Crippen LogP contribution in [-0.2, 0) is 0 Å². The van der Waals surface area contributed by atoms with Gasteiger partial charge in [-0.05, 0) is 6.92 Å². The normalized spacial score (nSPS) is 9.83. The summed E-state index contributed by atoms with van der Waals surface area (Å²) < 4.78 is 17.9. The van der Waals surface area contributed by atoms with Crippen molar-refractivity contribution in [1.82, 2.24) is 0 Å². The predicted molar refractivity (Wildman–Crippen MR) is 43.6 cm³/mol. The fraction of sp³-hybridized carbons (Fsp3) is 0.250. The largest absolute Gasteiger partial charge is 0.508 e. The fourth-order valence-corrected chi connectivity index (χ4v) is 0.865. The molecule has 0 spiro atoms. The first-order valence-electron chi connectivity index (χ1n) is 3.56. The van der Waals surface area contributed by atoms with E-state index in [9.17, 15) is 4.39 Å². The lowest BCUT2D eigenvalue weighted by molar-refractivity contribution is 0.319. The van der Waals surface area contributed by atoms with E-state index < -0.39 is 5.82 Å². The number of aromatic hydroxyl groups is 1. The van der Waals surface area contributed by atoms with Crippen molar-refractivity contribution in [3.05, 3.63) is 17.9 Å². The van der Waals surface area contributed by atoms with Gasteiger partial charge in [-0.15, -0.1) is 0 Å². The number of phenolic OH excluding ortho intramolecular Hbond substituents is 1. The van der Waals surface area contributed by atoms with Gasteiger partial charge in [0.05, 0.1) is 12.3 Å². The first-order valence-corrected chi connectivity index (χ1v) is 3.56. The van der Waals surface area contributed by atoms with E-state index in [0.717, 1.165) is 6.07 Å². The Morgan fingerprint density at radius 1 is 1.58 bits per heavy atom. The van der Waals surface area contributed by atoms with Crippen LogP contribution in [0, 0.1) is 5.82 Å². The minimum atomic E-state index is -0.630. The third-order valence-corrected chi connectivity index (χ3v) is 1.35. The van der Waals surface area contributed by atoms with Gasteiger partial charge in [-0.25, -0.2) is 4.39 Å². The van der Waals surface area contributed by atoms with Gasteiger partial charge in [0.1, 0.15) is 5.75 Å². The minimum Gasteiger partial charge on any atom is -0.508 e. The van der Waals surface area contributed by atoms with Crippen molar-refractivity contribution in [2.24, 2.45) is 0 Å². The quantitative estimate of drug-likeness (QED) is 0.663. The smallest absolute Gasteiger partial charge is 0.188 e. The number of hydrogen-bond acceptors (Lipinski definition) is 3. The molecule has 12 heavy (non-hydrogen) atoms. The molecule has 0 aliphatic rings. The number of halogens is 1. The van der Waals surface area contributed by atoms with E-state index in [2.05, 4.69) is 0 Å². The standard InChI is InChI=1S/C8H10FNO2/c1-2-12-7-4-5(11)3-6(10)8(7)9/h3-4,11H,2,10H2,1H3. The molecule has 0 saturated carbocycles. The molecule has 0 fully saturated rings. The molecule has 0 amide bonds. The summed E-state index contributed by atoms with van der Waals surface area (Å²) in [5.74, 6) is -0.748. The lowest BCUT2D eigenvalue weighted by atomic mass is 10.2. The molecule has 1 aromatic rings. The summed E-state index contributed by atoms with van der Waals surface area (Å²) in [7, 11) is 0. The van der Waals surface area contributed by atoms with Crippen LogP contribution in [0.4, 0.5) is 10.1 Å². The number of rotatable bonds is 2. The molecule has 3 N–H and O–H groups in total. The maximum absolute atomic E-state index is 13.0. The van der Waals surface area contributed by atoms with Crippen molar-refractivity contribution in [1.29, 1.82) is 0 Å². The highest BCUT2D eigenvalue weighted by Crippen LogP contribution is 2.27. The lowest BCUT2D eigenvalue weighted by Crippen LogP contribution is -1.98. The molecule has 0 aliphatic heterocycles. The lowest BCUT2D eigenvalue weighted by Gasteiger charge is -2.06. The summed E-state index contributed by atoms with van der Waals surface area (Å²) in [5.41, 5.74) is 5.12. The van der Waals surface area contributed by atoms with Gasteiger partial charge in [-0.3, -0.25) is 0 Å². The van der Waals surface area contributed by atoms with E-state index in [0.29, 0.717) is 6.61 Å². The Morgan fingerprint density at radius 3 is 2.83 bits per heavy atom. The zero-order valence-electron chi connectivity index (χ0n) is 6.67. The van der Waals surface area contributed by atoms with Crippen molar-refractivity contribution < 1.29 is 14.2 Å². The molecule has 0 aliphatic carbocycles. The van der Waals surface area contributed by atoms with Crippen LogP contribution >= 0.6 is 0 Å². The molecule has 0 saturated heterocycles. The van der Waals surface area contributed by atoms with Crippen LogP contribution < -0.4 is 10.5 Å². The van der Waals surface area contributed by atoms with E-state index in [1.165, 1.54) is 6.07 Å². The average molecular weight is 171 g/mol. The van der Waals surface area contributed by atoms with Gasteiger partial charge < -0.3 is 15.6 Å². The number of ether oxygens (including phenoxy) is 1. The zero-order chi connectivity index (χ0) is 9.14. The molecular weight excluding hydrogens is 161 g/mol. The number of phenols is 1. The molecule has 1 rings (SSSR count). The van der Waals surface area contributed by atoms with E-state index in [-0.39, 0.29) is 17.2 Å². The van der Waals surface area contributed by atoms with Crippen molar-refractivity contribution >= 4 is 5.69 Å². The zero-order valence-corrected chi connectivity index (χ0v) is 6.67. The average Bonchev–Trinajstić information content (AvgIpc) is 2.00. The predicted octanol–water partition coefficient (Wildman–Crippen LogP) is 1.51. The Labute approximate surface area is 69.6 Å². The molecule has 0 unspecified atom stereocenters. The molecule has 1 aromatic carbocycles. The Hall–Kier alpha value is -1.45. The minimum absolute atomic E-state index is 0.0185. The second kappa shape index (κ2) is 3.30. The van der Waals surface area contributed by atoms with Crippen LogP contribution in [-0.4, -0.2) is 11.7 Å². The molecule has 0 atom stereocenters. The summed E-state index contributed by atoms with van der Waals surface area (Å²) in [5, 5.41) is 9.02. The van der Waals surface area contributed by atoms with Gasteiger partial charge in [-0.2, -0.15) is 0 Å². The topological polar surface area (TPSA) is 55.5 Å². The highest BCUT2D eigenvalue weighted by molar-refractivity contribution is 5.51. The van der Waals surface area contributed by atoms with Gasteiger partial charge in [0, 0.05) is 12.1 Å². The Kier molecular flexibility index (Phi) is 2.38. The summed E-state index contributed by atoms with van der Waals surface area (Å²) in [6.45, 7) is 2.06. The molecular formula is C8H10FNO2. The molecule has 0 heterocycles. The molecule has 66 valence electrons. The number of anilines is 1. The summed E-state index contributed by atoms with van der Waals surface area (Å²) >= 11 is 0. The third-order valence-electron chi connectivity index (χ3n) is 1.35. The first-order chi connectivity index (χ1) is 5.65. The van der Waals surface area contributed by atoms with E-state index >= 15 is 0 Å². The monoisotopic (exact) mass is 171 g/mol. The molecule has 4 heteroatoms. The second-order valence-corrected chi connectivity index (χ2v) is 2.28. The summed E-state index contributed by atoms with van der Waals surface area (Å²) in [4.78, 5) is 0. The highest BCUT2D eigenvalue weighted by atomic mass is 19.1. The Morgan fingerprint density at radius 2 is 2.25 bits per heavy atom. The van der Waals surface area contributed by atoms with Crippen molar-refractivity contribution in [3.8, 4) is 11.5 Å². The molecule has 0 radical (unpaired) electrons. The van der Waals surface area contributed by atoms with Crippen LogP contribution in [0.2, 0.25) is 0 Å². The van der Waals surface area contributed by atoms with Gasteiger partial charge >= 0.3 is 0 Å². The summed E-state index contributed by atoms with van der Waals surface area (Å²) in [6.07, 6.45) is 0. The van der Waals surface area contributed by atoms with Crippen molar-refractivity contribution in [2.75, 3.05) is 12.3 Å². The Balaban J connectivity index is 3.09. The molecule has 0 aromatic heterocycles. The van der Waals surface area contributed by atoms with Gasteiger partial charge in [0.2, 0.25) is 0 Å².